The highest BCUT2D eigenvalue weighted by atomic mass is 32.1. The molecule has 6 nitrogen and oxygen atoms in total. The van der Waals surface area contributed by atoms with E-state index in [0.29, 0.717) is 24.5 Å². The number of rotatable bonds is 6. The Morgan fingerprint density at radius 2 is 2.17 bits per heavy atom. The molecule has 0 aromatic carbocycles. The molecule has 0 bridgehead atoms. The first kappa shape index (κ1) is 14.6. The molecule has 18 heavy (non-hydrogen) atoms. The van der Waals surface area contributed by atoms with Crippen LogP contribution in [-0.4, -0.2) is 42.9 Å². The molecule has 0 saturated heterocycles. The second kappa shape index (κ2) is 6.50. The number of methoxy groups -OCH3 is 1. The Morgan fingerprint density at radius 1 is 1.44 bits per heavy atom. The van der Waals surface area contributed by atoms with Crippen molar-refractivity contribution in [2.45, 2.75) is 6.18 Å². The number of halogens is 3. The number of ether oxygens (including phenoxy) is 1. The Balaban J connectivity index is 2.35. The maximum Gasteiger partial charge on any atom is 0.445 e. The Labute approximate surface area is 105 Å². The van der Waals surface area contributed by atoms with Gasteiger partial charge in [-0.3, -0.25) is 4.79 Å². The zero-order valence-electron chi connectivity index (χ0n) is 9.37. The third-order valence-corrected chi connectivity index (χ3v) is 2.62. The topological polar surface area (TPSA) is 76.1 Å². The van der Waals surface area contributed by atoms with Crippen molar-refractivity contribution in [3.05, 3.63) is 5.01 Å². The van der Waals surface area contributed by atoms with Crippen LogP contribution < -0.4 is 10.6 Å². The fourth-order valence-corrected chi connectivity index (χ4v) is 1.53. The number of hydrogen-bond donors (Lipinski definition) is 2. The first-order chi connectivity index (χ1) is 8.43. The quantitative estimate of drug-likeness (QED) is 0.753. The molecule has 0 spiro atoms. The molecule has 0 fully saturated rings. The van der Waals surface area contributed by atoms with Crippen molar-refractivity contribution in [3.63, 3.8) is 0 Å². The predicted octanol–water partition coefficient (Wildman–Crippen LogP) is 0.731. The lowest BCUT2D eigenvalue weighted by Crippen LogP contribution is -2.32. The summed E-state index contributed by atoms with van der Waals surface area (Å²) in [6, 6.07) is 0. The van der Waals surface area contributed by atoms with Crippen molar-refractivity contribution >= 4 is 22.4 Å². The number of anilines is 1. The van der Waals surface area contributed by atoms with Gasteiger partial charge in [-0.25, -0.2) is 0 Å². The summed E-state index contributed by atoms with van der Waals surface area (Å²) in [6.45, 7) is 0.528. The summed E-state index contributed by atoms with van der Waals surface area (Å²) in [7, 11) is 1.49. The maximum atomic E-state index is 12.2. The Bertz CT molecular complexity index is 396. The Morgan fingerprint density at radius 3 is 2.72 bits per heavy atom. The van der Waals surface area contributed by atoms with Crippen LogP contribution in [0.3, 0.4) is 0 Å². The summed E-state index contributed by atoms with van der Waals surface area (Å²) >= 11 is 0.347. The second-order valence-corrected chi connectivity index (χ2v) is 4.08. The van der Waals surface area contributed by atoms with Crippen LogP contribution in [0.1, 0.15) is 5.01 Å². The summed E-state index contributed by atoms with van der Waals surface area (Å²) in [6.07, 6.45) is -4.52. The number of aromatic nitrogens is 2. The SMILES string of the molecule is COCCNC(=O)CNc1nnc(C(F)(F)F)s1. The number of carbonyl (C=O) groups is 1. The molecule has 1 aromatic rings. The van der Waals surface area contributed by atoms with E-state index in [-0.39, 0.29) is 17.6 Å². The van der Waals surface area contributed by atoms with Crippen LogP contribution in [0, 0.1) is 0 Å². The van der Waals surface area contributed by atoms with Crippen LogP contribution in [0.2, 0.25) is 0 Å². The zero-order valence-corrected chi connectivity index (χ0v) is 10.2. The highest BCUT2D eigenvalue weighted by Gasteiger charge is 2.35. The van der Waals surface area contributed by atoms with Gasteiger partial charge in [0.05, 0.1) is 13.2 Å². The van der Waals surface area contributed by atoms with Gasteiger partial charge in [-0.15, -0.1) is 10.2 Å². The summed E-state index contributed by atoms with van der Waals surface area (Å²) < 4.78 is 41.3. The maximum absolute atomic E-state index is 12.2. The summed E-state index contributed by atoms with van der Waals surface area (Å²) in [5.41, 5.74) is 0. The third-order valence-electron chi connectivity index (χ3n) is 1.70. The number of alkyl halides is 3. The van der Waals surface area contributed by atoms with Crippen molar-refractivity contribution in [2.75, 3.05) is 32.1 Å². The van der Waals surface area contributed by atoms with E-state index in [1.54, 1.807) is 0 Å². The van der Waals surface area contributed by atoms with Crippen LogP contribution in [0.15, 0.2) is 0 Å². The van der Waals surface area contributed by atoms with Gasteiger partial charge in [0.1, 0.15) is 0 Å². The van der Waals surface area contributed by atoms with Crippen molar-refractivity contribution in [3.8, 4) is 0 Å². The number of amides is 1. The molecule has 2 N–H and O–H groups in total. The lowest BCUT2D eigenvalue weighted by atomic mass is 10.5. The van der Waals surface area contributed by atoms with Gasteiger partial charge in [-0.2, -0.15) is 13.2 Å². The standard InChI is InChI=1S/C8H11F3N4O2S/c1-17-3-2-12-5(16)4-13-7-15-14-6(18-7)8(9,10)11/h2-4H2,1H3,(H,12,16)(H,13,15). The fraction of sp³-hybridized carbons (Fsp3) is 0.625. The number of nitrogens with zero attached hydrogens (tertiary/aromatic N) is 2. The minimum Gasteiger partial charge on any atom is -0.383 e. The van der Waals surface area contributed by atoms with E-state index < -0.39 is 11.2 Å². The molecule has 0 aliphatic carbocycles. The number of nitrogens with one attached hydrogen (secondary N) is 2. The monoisotopic (exact) mass is 284 g/mol. The molecule has 0 atom stereocenters. The Hall–Kier alpha value is -1.42. The van der Waals surface area contributed by atoms with E-state index in [0.717, 1.165) is 0 Å². The van der Waals surface area contributed by atoms with Crippen LogP contribution in [0.25, 0.3) is 0 Å². The minimum atomic E-state index is -4.52. The van der Waals surface area contributed by atoms with Gasteiger partial charge in [0.25, 0.3) is 0 Å². The molecule has 0 saturated carbocycles. The first-order valence-electron chi connectivity index (χ1n) is 4.83. The van der Waals surface area contributed by atoms with Crippen LogP contribution >= 0.6 is 11.3 Å². The Kier molecular flexibility index (Phi) is 5.28. The van der Waals surface area contributed by atoms with Crippen molar-refractivity contribution in [1.82, 2.24) is 15.5 Å². The normalized spacial score (nSPS) is 11.3. The van der Waals surface area contributed by atoms with Crippen molar-refractivity contribution < 1.29 is 22.7 Å². The van der Waals surface area contributed by atoms with E-state index in [4.69, 9.17) is 4.74 Å². The molecule has 0 radical (unpaired) electrons. The first-order valence-corrected chi connectivity index (χ1v) is 5.65. The van der Waals surface area contributed by atoms with E-state index >= 15 is 0 Å². The van der Waals surface area contributed by atoms with Crippen LogP contribution in [0.5, 0.6) is 0 Å². The molecule has 1 heterocycles. The van der Waals surface area contributed by atoms with Crippen LogP contribution in [0.4, 0.5) is 18.3 Å². The molecule has 0 aliphatic heterocycles. The van der Waals surface area contributed by atoms with Gasteiger partial charge < -0.3 is 15.4 Å². The number of hydrogen-bond acceptors (Lipinski definition) is 6. The fourth-order valence-electron chi connectivity index (χ4n) is 0.920. The van der Waals surface area contributed by atoms with Gasteiger partial charge in [0, 0.05) is 13.7 Å². The minimum absolute atomic E-state index is 0.0517. The van der Waals surface area contributed by atoms with Gasteiger partial charge in [-0.05, 0) is 0 Å². The second-order valence-electron chi connectivity index (χ2n) is 3.11. The van der Waals surface area contributed by atoms with Gasteiger partial charge in [0.15, 0.2) is 0 Å². The lowest BCUT2D eigenvalue weighted by Gasteiger charge is -2.04. The molecule has 102 valence electrons. The molecule has 1 rings (SSSR count). The summed E-state index contributed by atoms with van der Waals surface area (Å²) in [5.74, 6) is -0.365. The van der Waals surface area contributed by atoms with Crippen molar-refractivity contribution in [2.24, 2.45) is 0 Å². The number of carbonyl (C=O) groups excluding carboxylic acids is 1. The molecular formula is C8H11F3N4O2S. The summed E-state index contributed by atoms with van der Waals surface area (Å²) in [4.78, 5) is 11.2. The van der Waals surface area contributed by atoms with E-state index in [9.17, 15) is 18.0 Å². The van der Waals surface area contributed by atoms with Crippen LogP contribution in [-0.2, 0) is 15.7 Å². The van der Waals surface area contributed by atoms with Gasteiger partial charge in [-0.1, -0.05) is 11.3 Å². The van der Waals surface area contributed by atoms with E-state index in [2.05, 4.69) is 20.8 Å². The van der Waals surface area contributed by atoms with E-state index in [1.165, 1.54) is 7.11 Å². The smallest absolute Gasteiger partial charge is 0.383 e. The lowest BCUT2D eigenvalue weighted by molar-refractivity contribution is -0.138. The molecule has 0 aliphatic rings. The zero-order chi connectivity index (χ0) is 13.6. The third kappa shape index (κ3) is 4.84. The largest absolute Gasteiger partial charge is 0.445 e. The highest BCUT2D eigenvalue weighted by Crippen LogP contribution is 2.32. The average Bonchev–Trinajstić information content (AvgIpc) is 2.75. The molecule has 10 heteroatoms. The van der Waals surface area contributed by atoms with Crippen molar-refractivity contribution in [1.29, 1.82) is 0 Å². The molecule has 0 unspecified atom stereocenters. The molecule has 1 aromatic heterocycles. The highest BCUT2D eigenvalue weighted by molar-refractivity contribution is 7.15. The molecule has 1 amide bonds. The van der Waals surface area contributed by atoms with Gasteiger partial charge >= 0.3 is 6.18 Å². The summed E-state index contributed by atoms with van der Waals surface area (Å²) in [5, 5.41) is 10.1. The van der Waals surface area contributed by atoms with E-state index in [1.807, 2.05) is 0 Å². The van der Waals surface area contributed by atoms with Gasteiger partial charge in [0.2, 0.25) is 16.0 Å². The molecular weight excluding hydrogens is 273 g/mol. The average molecular weight is 284 g/mol. The predicted molar refractivity (Wildman–Crippen MR) is 58.3 cm³/mol.